The number of hydrogen-bond acceptors (Lipinski definition) is 2. The third-order valence-electron chi connectivity index (χ3n) is 7.23. The summed E-state index contributed by atoms with van der Waals surface area (Å²) in [5.74, 6) is 1.04. The summed E-state index contributed by atoms with van der Waals surface area (Å²) in [4.78, 5) is 19.9. The first kappa shape index (κ1) is 20.8. The second-order valence-electron chi connectivity index (χ2n) is 9.29. The number of pyridine rings is 1. The van der Waals surface area contributed by atoms with Crippen molar-refractivity contribution in [2.75, 3.05) is 13.1 Å². The number of likely N-dealkylation sites (tertiary alicyclic amines) is 1. The molecule has 1 fully saturated rings. The van der Waals surface area contributed by atoms with Gasteiger partial charge in [0.15, 0.2) is 0 Å². The van der Waals surface area contributed by atoms with Gasteiger partial charge in [0, 0.05) is 36.8 Å². The Morgan fingerprint density at radius 3 is 2.43 bits per heavy atom. The molecule has 1 aliphatic carbocycles. The Morgan fingerprint density at radius 1 is 1.00 bits per heavy atom. The van der Waals surface area contributed by atoms with Gasteiger partial charge in [-0.05, 0) is 82.1 Å². The van der Waals surface area contributed by atoms with Crippen LogP contribution < -0.4 is 0 Å². The SMILES string of the molecule is CC1=C(C)C[C@@H](C(=O)N2CCC(c3ccc(Cc4ccccc4C)cn3)CC2)CC1. The van der Waals surface area contributed by atoms with Gasteiger partial charge in [-0.15, -0.1) is 0 Å². The van der Waals surface area contributed by atoms with Gasteiger partial charge in [-0.1, -0.05) is 41.5 Å². The summed E-state index contributed by atoms with van der Waals surface area (Å²) < 4.78 is 0. The fraction of sp³-hybridized carbons (Fsp3) is 0.481. The van der Waals surface area contributed by atoms with E-state index in [4.69, 9.17) is 4.98 Å². The molecular formula is C27H34N2O. The first-order valence-electron chi connectivity index (χ1n) is 11.4. The van der Waals surface area contributed by atoms with Crippen molar-refractivity contribution in [2.45, 2.75) is 65.2 Å². The van der Waals surface area contributed by atoms with E-state index in [1.165, 1.54) is 33.5 Å². The lowest BCUT2D eigenvalue weighted by Crippen LogP contribution is -2.42. The zero-order chi connectivity index (χ0) is 21.1. The van der Waals surface area contributed by atoms with E-state index in [9.17, 15) is 4.79 Å². The molecule has 2 aliphatic rings. The Balaban J connectivity index is 1.32. The van der Waals surface area contributed by atoms with E-state index in [1.807, 2.05) is 6.20 Å². The molecule has 2 aromatic rings. The molecule has 1 aromatic heterocycles. The van der Waals surface area contributed by atoms with Crippen LogP contribution in [0, 0.1) is 12.8 Å². The maximum absolute atomic E-state index is 13.0. The zero-order valence-corrected chi connectivity index (χ0v) is 18.7. The first-order chi connectivity index (χ1) is 14.5. The van der Waals surface area contributed by atoms with E-state index >= 15 is 0 Å². The van der Waals surface area contributed by atoms with Gasteiger partial charge < -0.3 is 4.90 Å². The van der Waals surface area contributed by atoms with Gasteiger partial charge in [-0.25, -0.2) is 0 Å². The molecule has 1 amide bonds. The quantitative estimate of drug-likeness (QED) is 0.604. The number of aromatic nitrogens is 1. The van der Waals surface area contributed by atoms with Crippen LogP contribution in [0.1, 0.15) is 74.3 Å². The highest BCUT2D eigenvalue weighted by Gasteiger charge is 2.30. The number of amides is 1. The molecule has 1 aliphatic heterocycles. The number of rotatable bonds is 4. The lowest BCUT2D eigenvalue weighted by atomic mass is 9.83. The average Bonchev–Trinajstić information content (AvgIpc) is 2.77. The van der Waals surface area contributed by atoms with E-state index in [1.54, 1.807) is 0 Å². The lowest BCUT2D eigenvalue weighted by Gasteiger charge is -2.35. The Labute approximate surface area is 181 Å². The minimum Gasteiger partial charge on any atom is -0.342 e. The van der Waals surface area contributed by atoms with Gasteiger partial charge in [0.05, 0.1) is 0 Å². The maximum atomic E-state index is 13.0. The van der Waals surface area contributed by atoms with Crippen LogP contribution in [0.15, 0.2) is 53.7 Å². The predicted molar refractivity (Wildman–Crippen MR) is 122 cm³/mol. The summed E-state index contributed by atoms with van der Waals surface area (Å²) in [6.45, 7) is 8.30. The first-order valence-corrected chi connectivity index (χ1v) is 11.4. The highest BCUT2D eigenvalue weighted by molar-refractivity contribution is 5.79. The fourth-order valence-electron chi connectivity index (χ4n) is 4.92. The van der Waals surface area contributed by atoms with Crippen molar-refractivity contribution >= 4 is 5.91 Å². The van der Waals surface area contributed by atoms with Gasteiger partial charge in [-0.3, -0.25) is 9.78 Å². The van der Waals surface area contributed by atoms with Gasteiger partial charge >= 0.3 is 0 Å². The topological polar surface area (TPSA) is 33.2 Å². The number of benzene rings is 1. The van der Waals surface area contributed by atoms with E-state index in [-0.39, 0.29) is 5.92 Å². The zero-order valence-electron chi connectivity index (χ0n) is 18.7. The molecule has 0 radical (unpaired) electrons. The van der Waals surface area contributed by atoms with Crippen LogP contribution in [0.2, 0.25) is 0 Å². The second-order valence-corrected chi connectivity index (χ2v) is 9.29. The maximum Gasteiger partial charge on any atom is 0.226 e. The summed E-state index contributed by atoms with van der Waals surface area (Å²) in [5, 5.41) is 0. The summed E-state index contributed by atoms with van der Waals surface area (Å²) >= 11 is 0. The molecule has 3 nitrogen and oxygen atoms in total. The normalized spacial score (nSPS) is 20.5. The van der Waals surface area contributed by atoms with E-state index in [0.717, 1.165) is 51.6 Å². The molecule has 1 atom stereocenters. The van der Waals surface area contributed by atoms with Crippen molar-refractivity contribution in [1.82, 2.24) is 9.88 Å². The summed E-state index contributed by atoms with van der Waals surface area (Å²) in [7, 11) is 0. The Morgan fingerprint density at radius 2 is 1.77 bits per heavy atom. The molecule has 0 N–H and O–H groups in total. The van der Waals surface area contributed by atoms with Crippen LogP contribution in [0.3, 0.4) is 0 Å². The summed E-state index contributed by atoms with van der Waals surface area (Å²) in [6.07, 6.45) is 8.07. The molecule has 0 spiro atoms. The van der Waals surface area contributed by atoms with Crippen molar-refractivity contribution in [3.63, 3.8) is 0 Å². The summed E-state index contributed by atoms with van der Waals surface area (Å²) in [5.41, 5.74) is 8.04. The number of carbonyl (C=O) groups is 1. The fourth-order valence-corrected chi connectivity index (χ4v) is 4.92. The third kappa shape index (κ3) is 4.66. The van der Waals surface area contributed by atoms with E-state index in [0.29, 0.717) is 11.8 Å². The van der Waals surface area contributed by atoms with Crippen molar-refractivity contribution in [3.8, 4) is 0 Å². The molecule has 2 heterocycles. The number of carbonyl (C=O) groups excluding carboxylic acids is 1. The number of hydrogen-bond donors (Lipinski definition) is 0. The Hall–Kier alpha value is -2.42. The second kappa shape index (κ2) is 9.16. The van der Waals surface area contributed by atoms with Crippen LogP contribution in [0.5, 0.6) is 0 Å². The van der Waals surface area contributed by atoms with Crippen molar-refractivity contribution in [2.24, 2.45) is 5.92 Å². The number of aryl methyl sites for hydroxylation is 1. The van der Waals surface area contributed by atoms with Gasteiger partial charge in [0.2, 0.25) is 5.91 Å². The van der Waals surface area contributed by atoms with Crippen LogP contribution in [-0.4, -0.2) is 28.9 Å². The Kier molecular flexibility index (Phi) is 6.36. The van der Waals surface area contributed by atoms with Crippen LogP contribution >= 0.6 is 0 Å². The molecule has 0 saturated carbocycles. The highest BCUT2D eigenvalue weighted by Crippen LogP contribution is 2.33. The van der Waals surface area contributed by atoms with E-state index < -0.39 is 0 Å². The predicted octanol–water partition coefficient (Wildman–Crippen LogP) is 5.82. The minimum atomic E-state index is 0.198. The average molecular weight is 403 g/mol. The van der Waals surface area contributed by atoms with Gasteiger partial charge in [0.1, 0.15) is 0 Å². The molecule has 1 aromatic carbocycles. The third-order valence-corrected chi connectivity index (χ3v) is 7.23. The van der Waals surface area contributed by atoms with Crippen molar-refractivity contribution < 1.29 is 4.79 Å². The molecule has 0 unspecified atom stereocenters. The smallest absolute Gasteiger partial charge is 0.226 e. The van der Waals surface area contributed by atoms with Crippen molar-refractivity contribution in [3.05, 3.63) is 76.1 Å². The van der Waals surface area contributed by atoms with Gasteiger partial charge in [0.25, 0.3) is 0 Å². The molecule has 158 valence electrons. The number of allylic oxidation sites excluding steroid dienone is 2. The minimum absolute atomic E-state index is 0.198. The highest BCUT2D eigenvalue weighted by atomic mass is 16.2. The standard InChI is InChI=1S/C27H34N2O/c1-19-8-10-25(16-21(19)3)27(30)29-14-12-23(13-15-29)26-11-9-22(18-28-26)17-24-7-5-4-6-20(24)2/h4-7,9,11,18,23,25H,8,10,12-17H2,1-3H3/t25-/m0/s1. The summed E-state index contributed by atoms with van der Waals surface area (Å²) in [6, 6.07) is 13.0. The number of piperidine rings is 1. The van der Waals surface area contributed by atoms with Crippen LogP contribution in [0.4, 0.5) is 0 Å². The van der Waals surface area contributed by atoms with Crippen LogP contribution in [-0.2, 0) is 11.2 Å². The Bertz CT molecular complexity index is 920. The van der Waals surface area contributed by atoms with Crippen LogP contribution in [0.25, 0.3) is 0 Å². The lowest BCUT2D eigenvalue weighted by molar-refractivity contribution is -0.137. The molecule has 4 rings (SSSR count). The molecule has 3 heteroatoms. The molecule has 0 bridgehead atoms. The number of nitrogens with zero attached hydrogens (tertiary/aromatic N) is 2. The van der Waals surface area contributed by atoms with E-state index in [2.05, 4.69) is 62.1 Å². The van der Waals surface area contributed by atoms with Crippen molar-refractivity contribution in [1.29, 1.82) is 0 Å². The molecule has 1 saturated heterocycles. The molecular weight excluding hydrogens is 368 g/mol. The largest absolute Gasteiger partial charge is 0.342 e. The van der Waals surface area contributed by atoms with Gasteiger partial charge in [-0.2, -0.15) is 0 Å². The molecule has 30 heavy (non-hydrogen) atoms. The monoisotopic (exact) mass is 402 g/mol.